The van der Waals surface area contributed by atoms with E-state index in [0.29, 0.717) is 18.7 Å². The van der Waals surface area contributed by atoms with Crippen molar-refractivity contribution in [1.82, 2.24) is 19.5 Å². The van der Waals surface area contributed by atoms with E-state index in [1.807, 2.05) is 19.1 Å². The van der Waals surface area contributed by atoms with E-state index >= 15 is 0 Å². The number of rotatable bonds is 7. The standard InChI is InChI=1S/C18H18N6O3/c1-4-10-23(11-5-2)15-20-16(24-17(21-15)22-18(26)27-24)19-14(25)13-8-6-12(3)7-9-13/h4-9H,1-2,10-11H2,3H3,(H,19,20,21,22,25,26). The summed E-state index contributed by atoms with van der Waals surface area (Å²) in [5.74, 6) is -1.01. The Bertz CT molecular complexity index is 1040. The molecule has 0 bridgehead atoms. The van der Waals surface area contributed by atoms with Gasteiger partial charge in [0, 0.05) is 18.7 Å². The number of carbonyl (C=O) groups excluding carboxylic acids is 1. The van der Waals surface area contributed by atoms with E-state index in [0.717, 1.165) is 10.1 Å². The van der Waals surface area contributed by atoms with Crippen LogP contribution in [0.2, 0.25) is 0 Å². The van der Waals surface area contributed by atoms with Crippen molar-refractivity contribution in [3.8, 4) is 0 Å². The first-order valence-electron chi connectivity index (χ1n) is 8.14. The summed E-state index contributed by atoms with van der Waals surface area (Å²) in [6.07, 6.45) is 3.35. The SMILES string of the molecule is C=CCN(CC=C)c1nc(NC(=O)c2ccc(C)cc2)n2oc(=O)nc2n1. The van der Waals surface area contributed by atoms with E-state index in [-0.39, 0.29) is 17.7 Å². The third kappa shape index (κ3) is 3.92. The number of amides is 1. The highest BCUT2D eigenvalue weighted by Gasteiger charge is 2.18. The molecular formula is C18H18N6O3. The van der Waals surface area contributed by atoms with Crippen molar-refractivity contribution in [3.05, 3.63) is 71.3 Å². The zero-order valence-electron chi connectivity index (χ0n) is 14.8. The number of aryl methyl sites for hydroxylation is 1. The summed E-state index contributed by atoms with van der Waals surface area (Å²) in [5.41, 5.74) is 1.47. The maximum absolute atomic E-state index is 12.5. The van der Waals surface area contributed by atoms with Crippen LogP contribution < -0.4 is 16.0 Å². The first-order chi connectivity index (χ1) is 13.0. The second-order valence-electron chi connectivity index (χ2n) is 5.71. The summed E-state index contributed by atoms with van der Waals surface area (Å²) in [6.45, 7) is 10.2. The van der Waals surface area contributed by atoms with Crippen LogP contribution in [-0.4, -0.2) is 38.5 Å². The van der Waals surface area contributed by atoms with E-state index in [1.54, 1.807) is 29.2 Å². The molecule has 1 aromatic carbocycles. The van der Waals surface area contributed by atoms with Crippen LogP contribution in [0.3, 0.4) is 0 Å². The topological polar surface area (TPSA) is 106 Å². The fraction of sp³-hybridized carbons (Fsp3) is 0.167. The predicted molar refractivity (Wildman–Crippen MR) is 101 cm³/mol. The minimum atomic E-state index is -0.841. The smallest absolute Gasteiger partial charge is 0.333 e. The fourth-order valence-corrected chi connectivity index (χ4v) is 2.38. The highest BCUT2D eigenvalue weighted by molar-refractivity contribution is 6.03. The molecule has 27 heavy (non-hydrogen) atoms. The van der Waals surface area contributed by atoms with Crippen LogP contribution in [0.25, 0.3) is 5.78 Å². The average molecular weight is 366 g/mol. The monoisotopic (exact) mass is 366 g/mol. The van der Waals surface area contributed by atoms with E-state index in [1.165, 1.54) is 0 Å². The molecule has 0 saturated carbocycles. The van der Waals surface area contributed by atoms with E-state index < -0.39 is 11.7 Å². The molecule has 0 aliphatic heterocycles. The van der Waals surface area contributed by atoms with E-state index in [2.05, 4.69) is 33.4 Å². The third-order valence-corrected chi connectivity index (χ3v) is 3.66. The zero-order chi connectivity index (χ0) is 19.4. The molecule has 9 heteroatoms. The number of benzene rings is 1. The summed E-state index contributed by atoms with van der Waals surface area (Å²) >= 11 is 0. The molecule has 9 nitrogen and oxygen atoms in total. The molecule has 3 rings (SSSR count). The molecule has 0 spiro atoms. The van der Waals surface area contributed by atoms with E-state index in [4.69, 9.17) is 4.52 Å². The second kappa shape index (κ2) is 7.65. The van der Waals surface area contributed by atoms with Gasteiger partial charge in [0.15, 0.2) is 0 Å². The maximum atomic E-state index is 12.5. The average Bonchev–Trinajstić information content (AvgIpc) is 3.02. The van der Waals surface area contributed by atoms with Gasteiger partial charge in [-0.15, -0.1) is 18.1 Å². The van der Waals surface area contributed by atoms with Crippen LogP contribution in [0.5, 0.6) is 0 Å². The lowest BCUT2D eigenvalue weighted by Crippen LogP contribution is -2.27. The van der Waals surface area contributed by atoms with Crippen LogP contribution in [0.4, 0.5) is 11.9 Å². The Morgan fingerprint density at radius 3 is 2.48 bits per heavy atom. The molecule has 2 aromatic heterocycles. The molecular weight excluding hydrogens is 348 g/mol. The van der Waals surface area contributed by atoms with Crippen LogP contribution in [0.1, 0.15) is 15.9 Å². The number of fused-ring (bicyclic) bond motifs is 1. The first-order valence-corrected chi connectivity index (χ1v) is 8.14. The van der Waals surface area contributed by atoms with Crippen molar-refractivity contribution < 1.29 is 9.32 Å². The molecule has 0 atom stereocenters. The van der Waals surface area contributed by atoms with Crippen LogP contribution in [0.15, 0.2) is 58.9 Å². The van der Waals surface area contributed by atoms with Crippen LogP contribution in [-0.2, 0) is 0 Å². The van der Waals surface area contributed by atoms with Gasteiger partial charge in [0.2, 0.25) is 5.95 Å². The summed E-state index contributed by atoms with van der Waals surface area (Å²) in [7, 11) is 0. The highest BCUT2D eigenvalue weighted by atomic mass is 16.5. The van der Waals surface area contributed by atoms with Crippen LogP contribution in [0, 0.1) is 6.92 Å². The number of carbonyl (C=O) groups is 1. The number of nitrogens with zero attached hydrogens (tertiary/aromatic N) is 5. The molecule has 0 radical (unpaired) electrons. The molecule has 138 valence electrons. The van der Waals surface area contributed by atoms with Crippen molar-refractivity contribution >= 4 is 23.6 Å². The number of hydrogen-bond acceptors (Lipinski definition) is 7. The van der Waals surface area contributed by atoms with Crippen molar-refractivity contribution in [3.63, 3.8) is 0 Å². The van der Waals surface area contributed by atoms with Gasteiger partial charge in [-0.3, -0.25) is 10.1 Å². The number of anilines is 2. The van der Waals surface area contributed by atoms with Crippen molar-refractivity contribution in [1.29, 1.82) is 0 Å². The Hall–Kier alpha value is -3.75. The zero-order valence-corrected chi connectivity index (χ0v) is 14.8. The van der Waals surface area contributed by atoms with Gasteiger partial charge in [0.1, 0.15) is 0 Å². The third-order valence-electron chi connectivity index (χ3n) is 3.66. The molecule has 0 saturated heterocycles. The largest absolute Gasteiger partial charge is 0.462 e. The molecule has 1 N–H and O–H groups in total. The number of aromatic nitrogens is 4. The summed E-state index contributed by atoms with van der Waals surface area (Å²) in [4.78, 5) is 38.0. The Morgan fingerprint density at radius 2 is 1.85 bits per heavy atom. The lowest BCUT2D eigenvalue weighted by molar-refractivity contribution is 0.102. The minimum Gasteiger partial charge on any atom is -0.333 e. The lowest BCUT2D eigenvalue weighted by atomic mass is 10.1. The van der Waals surface area contributed by atoms with Gasteiger partial charge in [0.05, 0.1) is 0 Å². The fourth-order valence-electron chi connectivity index (χ4n) is 2.38. The molecule has 0 unspecified atom stereocenters. The minimum absolute atomic E-state index is 0.00620. The van der Waals surface area contributed by atoms with Crippen molar-refractivity contribution in [2.24, 2.45) is 0 Å². The predicted octanol–water partition coefficient (Wildman–Crippen LogP) is 1.82. The summed E-state index contributed by atoms with van der Waals surface area (Å²) < 4.78 is 5.95. The molecule has 0 fully saturated rings. The summed E-state index contributed by atoms with van der Waals surface area (Å²) in [6, 6.07) is 7.03. The Morgan fingerprint density at radius 1 is 1.19 bits per heavy atom. The van der Waals surface area contributed by atoms with Gasteiger partial charge in [-0.25, -0.2) is 4.79 Å². The van der Waals surface area contributed by atoms with Gasteiger partial charge in [-0.1, -0.05) is 34.4 Å². The Labute approximate surface area is 154 Å². The highest BCUT2D eigenvalue weighted by Crippen LogP contribution is 2.15. The molecule has 0 aliphatic rings. The molecule has 2 heterocycles. The Balaban J connectivity index is 2.03. The Kier molecular flexibility index (Phi) is 5.11. The van der Waals surface area contributed by atoms with Crippen molar-refractivity contribution in [2.75, 3.05) is 23.3 Å². The van der Waals surface area contributed by atoms with E-state index in [9.17, 15) is 9.59 Å². The molecule has 1 amide bonds. The summed E-state index contributed by atoms with van der Waals surface area (Å²) in [5, 5.41) is 2.64. The van der Waals surface area contributed by atoms with Gasteiger partial charge < -0.3 is 9.42 Å². The van der Waals surface area contributed by atoms with Crippen molar-refractivity contribution in [2.45, 2.75) is 6.92 Å². The molecule has 0 aliphatic carbocycles. The van der Waals surface area contributed by atoms with Gasteiger partial charge in [-0.05, 0) is 19.1 Å². The molecule has 3 aromatic rings. The quantitative estimate of drug-likeness (QED) is 0.636. The number of hydrogen-bond donors (Lipinski definition) is 1. The number of nitrogens with one attached hydrogen (secondary N) is 1. The van der Waals surface area contributed by atoms with Gasteiger partial charge in [-0.2, -0.15) is 9.97 Å². The first kappa shape index (κ1) is 18.1. The second-order valence-corrected chi connectivity index (χ2v) is 5.71. The lowest BCUT2D eigenvalue weighted by Gasteiger charge is -2.19. The van der Waals surface area contributed by atoms with Crippen LogP contribution >= 0.6 is 0 Å². The normalized spacial score (nSPS) is 10.6. The maximum Gasteiger partial charge on any atom is 0.462 e. The van der Waals surface area contributed by atoms with Gasteiger partial charge >= 0.3 is 5.76 Å². The van der Waals surface area contributed by atoms with Gasteiger partial charge in [0.25, 0.3) is 17.6 Å².